The van der Waals surface area contributed by atoms with E-state index in [-0.39, 0.29) is 30.1 Å². The molecular formula is C17H24ClN3O3. The zero-order valence-electron chi connectivity index (χ0n) is 13.8. The number of carbonyl (C=O) groups is 3. The average Bonchev–Trinajstić information content (AvgIpc) is 2.80. The first kappa shape index (κ1) is 20.1. The average molecular weight is 354 g/mol. The topological polar surface area (TPSA) is 92.5 Å². The fourth-order valence-corrected chi connectivity index (χ4v) is 2.52. The van der Waals surface area contributed by atoms with Crippen LogP contribution in [0, 0.1) is 0 Å². The molecule has 0 spiro atoms. The van der Waals surface area contributed by atoms with Crippen molar-refractivity contribution >= 4 is 30.1 Å². The smallest absolute Gasteiger partial charge is 0.261 e. The Bertz CT molecular complexity index is 619. The minimum atomic E-state index is -0.309. The molecule has 3 amide bonds. The summed E-state index contributed by atoms with van der Waals surface area (Å²) in [6, 6.07) is 4.67. The number of nitrogens with one attached hydrogen (secondary N) is 1. The van der Waals surface area contributed by atoms with Crippen LogP contribution in [0.2, 0.25) is 0 Å². The van der Waals surface area contributed by atoms with E-state index in [1.54, 1.807) is 12.1 Å². The maximum absolute atomic E-state index is 12.3. The SMILES string of the molecule is CCCCN1C(=O)c2ccc(C(=O)NCCCCN)cc2C1=O.Cl. The Morgan fingerprint density at radius 3 is 2.50 bits per heavy atom. The molecule has 3 N–H and O–H groups in total. The number of hydrogen-bond donors (Lipinski definition) is 2. The van der Waals surface area contributed by atoms with E-state index in [4.69, 9.17) is 5.73 Å². The lowest BCUT2D eigenvalue weighted by Gasteiger charge is -2.12. The lowest BCUT2D eigenvalue weighted by atomic mass is 10.1. The molecule has 24 heavy (non-hydrogen) atoms. The lowest BCUT2D eigenvalue weighted by Crippen LogP contribution is -2.30. The molecule has 0 bridgehead atoms. The molecule has 0 aromatic heterocycles. The van der Waals surface area contributed by atoms with Crippen LogP contribution in [0.3, 0.4) is 0 Å². The summed E-state index contributed by atoms with van der Waals surface area (Å²) in [6.45, 7) is 3.57. The van der Waals surface area contributed by atoms with Crippen LogP contribution >= 0.6 is 12.4 Å². The van der Waals surface area contributed by atoms with Crippen LogP contribution in [-0.4, -0.2) is 42.3 Å². The first-order chi connectivity index (χ1) is 11.1. The molecule has 132 valence electrons. The van der Waals surface area contributed by atoms with Crippen molar-refractivity contribution in [3.63, 3.8) is 0 Å². The highest BCUT2D eigenvalue weighted by molar-refractivity contribution is 6.22. The fraction of sp³-hybridized carbons (Fsp3) is 0.471. The Morgan fingerprint density at radius 1 is 1.12 bits per heavy atom. The number of carbonyl (C=O) groups excluding carboxylic acids is 3. The summed E-state index contributed by atoms with van der Waals surface area (Å²) >= 11 is 0. The van der Waals surface area contributed by atoms with Crippen molar-refractivity contribution in [1.29, 1.82) is 0 Å². The quantitative estimate of drug-likeness (QED) is 0.552. The number of rotatable bonds is 8. The molecule has 0 fully saturated rings. The maximum atomic E-state index is 12.3. The van der Waals surface area contributed by atoms with Gasteiger partial charge in [-0.15, -0.1) is 12.4 Å². The number of nitrogens with two attached hydrogens (primary N) is 1. The molecule has 0 unspecified atom stereocenters. The Kier molecular flexibility index (Phi) is 7.88. The van der Waals surface area contributed by atoms with Crippen molar-refractivity contribution < 1.29 is 14.4 Å². The van der Waals surface area contributed by atoms with Gasteiger partial charge in [-0.3, -0.25) is 19.3 Å². The van der Waals surface area contributed by atoms with E-state index in [0.29, 0.717) is 36.3 Å². The Morgan fingerprint density at radius 2 is 1.83 bits per heavy atom. The van der Waals surface area contributed by atoms with Crippen molar-refractivity contribution in [2.45, 2.75) is 32.6 Å². The first-order valence-corrected chi connectivity index (χ1v) is 8.08. The van der Waals surface area contributed by atoms with Crippen molar-refractivity contribution in [3.8, 4) is 0 Å². The van der Waals surface area contributed by atoms with Crippen LogP contribution in [0.1, 0.15) is 63.7 Å². The molecule has 0 radical (unpaired) electrons. The van der Waals surface area contributed by atoms with Crippen LogP contribution < -0.4 is 11.1 Å². The molecule has 1 aliphatic rings. The standard InChI is InChI=1S/C17H23N3O3.ClH/c1-2-3-10-20-16(22)13-7-6-12(11-14(13)17(20)23)15(21)19-9-5-4-8-18;/h6-7,11H,2-5,8-10,18H2,1H3,(H,19,21);1H. The van der Waals surface area contributed by atoms with Gasteiger partial charge < -0.3 is 11.1 Å². The van der Waals surface area contributed by atoms with E-state index in [0.717, 1.165) is 25.7 Å². The van der Waals surface area contributed by atoms with Crippen molar-refractivity contribution in [1.82, 2.24) is 10.2 Å². The lowest BCUT2D eigenvalue weighted by molar-refractivity contribution is 0.0652. The number of nitrogens with zero attached hydrogens (tertiary/aromatic N) is 1. The van der Waals surface area contributed by atoms with Crippen LogP contribution in [0.15, 0.2) is 18.2 Å². The van der Waals surface area contributed by atoms with E-state index in [9.17, 15) is 14.4 Å². The summed E-state index contributed by atoms with van der Waals surface area (Å²) in [5.41, 5.74) is 6.51. The maximum Gasteiger partial charge on any atom is 0.261 e. The van der Waals surface area contributed by atoms with E-state index >= 15 is 0 Å². The molecule has 0 aliphatic carbocycles. The highest BCUT2D eigenvalue weighted by Crippen LogP contribution is 2.24. The summed E-state index contributed by atoms with van der Waals surface area (Å²) in [7, 11) is 0. The second-order valence-electron chi connectivity index (χ2n) is 5.63. The zero-order valence-corrected chi connectivity index (χ0v) is 14.7. The molecular weight excluding hydrogens is 330 g/mol. The van der Waals surface area contributed by atoms with E-state index < -0.39 is 0 Å². The molecule has 2 rings (SSSR count). The van der Waals surface area contributed by atoms with Crippen LogP contribution in [-0.2, 0) is 0 Å². The van der Waals surface area contributed by atoms with Crippen molar-refractivity contribution in [2.24, 2.45) is 5.73 Å². The monoisotopic (exact) mass is 353 g/mol. The molecule has 1 heterocycles. The van der Waals surface area contributed by atoms with Gasteiger partial charge >= 0.3 is 0 Å². The predicted molar refractivity (Wildman–Crippen MR) is 94.6 cm³/mol. The van der Waals surface area contributed by atoms with Gasteiger partial charge in [0.1, 0.15) is 0 Å². The second kappa shape index (κ2) is 9.39. The minimum absolute atomic E-state index is 0. The molecule has 6 nitrogen and oxygen atoms in total. The second-order valence-corrected chi connectivity index (χ2v) is 5.63. The fourth-order valence-electron chi connectivity index (χ4n) is 2.52. The number of unbranched alkanes of at least 4 members (excludes halogenated alkanes) is 2. The Hall–Kier alpha value is -1.92. The summed E-state index contributed by atoms with van der Waals surface area (Å²) < 4.78 is 0. The number of amides is 3. The van der Waals surface area contributed by atoms with Crippen LogP contribution in [0.25, 0.3) is 0 Å². The van der Waals surface area contributed by atoms with E-state index in [1.807, 2.05) is 6.92 Å². The molecule has 1 aromatic rings. The molecule has 7 heteroatoms. The summed E-state index contributed by atoms with van der Waals surface area (Å²) in [6.07, 6.45) is 3.35. The van der Waals surface area contributed by atoms with Crippen LogP contribution in [0.4, 0.5) is 0 Å². The molecule has 1 aliphatic heterocycles. The summed E-state index contributed by atoms with van der Waals surface area (Å²) in [4.78, 5) is 37.9. The number of imide groups is 1. The van der Waals surface area contributed by atoms with Crippen molar-refractivity contribution in [3.05, 3.63) is 34.9 Å². The van der Waals surface area contributed by atoms with Gasteiger partial charge in [-0.25, -0.2) is 0 Å². The minimum Gasteiger partial charge on any atom is -0.352 e. The van der Waals surface area contributed by atoms with E-state index in [2.05, 4.69) is 5.32 Å². The van der Waals surface area contributed by atoms with Gasteiger partial charge in [0.25, 0.3) is 17.7 Å². The zero-order chi connectivity index (χ0) is 16.8. The van der Waals surface area contributed by atoms with Gasteiger partial charge in [-0.1, -0.05) is 13.3 Å². The van der Waals surface area contributed by atoms with Crippen molar-refractivity contribution in [2.75, 3.05) is 19.6 Å². The third-order valence-electron chi connectivity index (χ3n) is 3.88. The third kappa shape index (κ3) is 4.33. The highest BCUT2D eigenvalue weighted by Gasteiger charge is 2.35. The third-order valence-corrected chi connectivity index (χ3v) is 3.88. The number of hydrogen-bond acceptors (Lipinski definition) is 4. The van der Waals surface area contributed by atoms with Gasteiger partial charge in [0, 0.05) is 18.7 Å². The molecule has 0 saturated carbocycles. The highest BCUT2D eigenvalue weighted by atomic mass is 35.5. The molecule has 0 atom stereocenters. The Balaban J connectivity index is 0.00000288. The van der Waals surface area contributed by atoms with Gasteiger partial charge in [0.15, 0.2) is 0 Å². The van der Waals surface area contributed by atoms with Gasteiger partial charge in [0.05, 0.1) is 11.1 Å². The normalized spacial score (nSPS) is 12.8. The number of benzene rings is 1. The van der Waals surface area contributed by atoms with E-state index in [1.165, 1.54) is 11.0 Å². The number of halogens is 1. The molecule has 1 aromatic carbocycles. The summed E-state index contributed by atoms with van der Waals surface area (Å²) in [5.74, 6) is -0.818. The largest absolute Gasteiger partial charge is 0.352 e. The molecule has 0 saturated heterocycles. The van der Waals surface area contributed by atoms with Crippen LogP contribution in [0.5, 0.6) is 0 Å². The predicted octanol–water partition coefficient (Wildman–Crippen LogP) is 1.97. The Labute approximate surface area is 148 Å². The number of fused-ring (bicyclic) bond motifs is 1. The summed E-state index contributed by atoms with van der Waals surface area (Å²) in [5, 5.41) is 2.79. The first-order valence-electron chi connectivity index (χ1n) is 8.08. The van der Waals surface area contributed by atoms with Gasteiger partial charge in [0.2, 0.25) is 0 Å². The van der Waals surface area contributed by atoms with Gasteiger partial charge in [-0.2, -0.15) is 0 Å². The van der Waals surface area contributed by atoms with Gasteiger partial charge in [-0.05, 0) is 44.0 Å².